The molecule has 1 saturated heterocycles. The highest BCUT2D eigenvalue weighted by Crippen LogP contribution is 2.46. The lowest BCUT2D eigenvalue weighted by Gasteiger charge is -2.32. The molecular weight excluding hydrogens is 814 g/mol. The molecule has 61 heavy (non-hydrogen) atoms. The number of carboxylic acids is 1. The molecule has 1 atom stereocenters. The average molecular weight is 858 g/mol. The molecule has 312 valence electrons. The van der Waals surface area contributed by atoms with Crippen molar-refractivity contribution in [2.75, 3.05) is 53.5 Å². The minimum Gasteiger partial charge on any atom is -0.496 e. The van der Waals surface area contributed by atoms with Gasteiger partial charge in [-0.2, -0.15) is 4.37 Å². The Morgan fingerprint density at radius 3 is 2.44 bits per heavy atom. The minimum atomic E-state index is -1.32. The predicted molar refractivity (Wildman–Crippen MR) is 236 cm³/mol. The lowest BCUT2D eigenvalue weighted by atomic mass is 9.93. The zero-order chi connectivity index (χ0) is 42.3. The van der Waals surface area contributed by atoms with Crippen LogP contribution in [0.1, 0.15) is 16.8 Å². The third kappa shape index (κ3) is 9.42. The van der Waals surface area contributed by atoms with Gasteiger partial charge in [0.2, 0.25) is 12.0 Å². The zero-order valence-electron chi connectivity index (χ0n) is 34.0. The van der Waals surface area contributed by atoms with Gasteiger partial charge in [0.1, 0.15) is 30.5 Å². The van der Waals surface area contributed by atoms with Crippen LogP contribution in [0.5, 0.6) is 23.1 Å². The van der Waals surface area contributed by atoms with Gasteiger partial charge in [-0.3, -0.25) is 14.9 Å². The molecule has 3 aromatic carbocycles. The smallest absolute Gasteiger partial charge is 0.345 e. The molecule has 8 rings (SSSR count). The fourth-order valence-electron chi connectivity index (χ4n) is 7.30. The number of ether oxygens (including phenoxy) is 4. The van der Waals surface area contributed by atoms with Crippen molar-refractivity contribution in [2.24, 2.45) is 0 Å². The lowest BCUT2D eigenvalue weighted by Crippen LogP contribution is -2.45. The molecule has 0 radical (unpaired) electrons. The van der Waals surface area contributed by atoms with E-state index in [2.05, 4.69) is 31.2 Å². The largest absolute Gasteiger partial charge is 0.496 e. The summed E-state index contributed by atoms with van der Waals surface area (Å²) in [6.45, 7) is 7.43. The maximum atomic E-state index is 13.0. The molecule has 0 spiro atoms. The van der Waals surface area contributed by atoms with Crippen molar-refractivity contribution in [1.29, 1.82) is 0 Å². The van der Waals surface area contributed by atoms with Crippen molar-refractivity contribution in [2.45, 2.75) is 26.1 Å². The number of rotatable bonds is 16. The van der Waals surface area contributed by atoms with Crippen LogP contribution in [-0.4, -0.2) is 105 Å². The first kappa shape index (κ1) is 41.5. The molecule has 5 heterocycles. The van der Waals surface area contributed by atoms with E-state index in [1.54, 1.807) is 44.0 Å². The number of nitrogens with zero attached hydrogens (tertiary/aromatic N) is 7. The maximum absolute atomic E-state index is 13.0. The normalized spacial score (nSPS) is 13.8. The van der Waals surface area contributed by atoms with Gasteiger partial charge in [-0.1, -0.05) is 48.0 Å². The van der Waals surface area contributed by atoms with Crippen molar-refractivity contribution >= 4 is 39.2 Å². The number of piperazine rings is 1. The Morgan fingerprint density at radius 2 is 1.66 bits per heavy atom. The van der Waals surface area contributed by atoms with E-state index in [4.69, 9.17) is 40.5 Å². The fourth-order valence-corrected chi connectivity index (χ4v) is 8.21. The van der Waals surface area contributed by atoms with E-state index in [-0.39, 0.29) is 18.9 Å². The molecule has 0 amide bonds. The average Bonchev–Trinajstić information content (AvgIpc) is 3.70. The van der Waals surface area contributed by atoms with E-state index in [0.717, 1.165) is 59.7 Å². The highest BCUT2D eigenvalue weighted by molar-refractivity contribution is 7.13. The number of benzene rings is 3. The molecule has 1 fully saturated rings. The fraction of sp³-hybridized carbons (Fsp3) is 0.261. The van der Waals surface area contributed by atoms with E-state index < -0.39 is 12.1 Å². The van der Waals surface area contributed by atoms with Crippen LogP contribution in [0.3, 0.4) is 0 Å². The van der Waals surface area contributed by atoms with Crippen molar-refractivity contribution < 1.29 is 28.8 Å². The van der Waals surface area contributed by atoms with Gasteiger partial charge in [0.05, 0.1) is 39.2 Å². The second kappa shape index (κ2) is 19.0. The maximum Gasteiger partial charge on any atom is 0.345 e. The number of aromatic nitrogens is 5. The number of hydrogen-bond acceptors (Lipinski definition) is 13. The Labute approximate surface area is 362 Å². The number of methoxy groups -OCH3 is 1. The van der Waals surface area contributed by atoms with Crippen LogP contribution in [-0.2, 0) is 17.8 Å². The molecule has 4 aromatic heterocycles. The van der Waals surface area contributed by atoms with Crippen molar-refractivity contribution in [3.05, 3.63) is 125 Å². The second-order valence-corrected chi connectivity index (χ2v) is 15.8. The standard InChI is InChI=1S/C46H44ClN7O6S/c1-29-33(12-13-37(42(29)47)58-25-24-54-22-20-53(2)21-23-54)40-41-39(27-50-43(40)30-14-17-48-18-15-30)61-52-45(41)60-38(46(55)56)26-31-8-4-6-10-35(31)59-28-32-16-19-49-44(51-32)34-9-5-7-11-36(34)57-3/h4-19,27,38H,20-26,28H2,1-3H3,(H,55,56)/t38-/m1/s1. The third-order valence-corrected chi connectivity index (χ3v) is 11.9. The molecule has 1 aliphatic heterocycles. The summed E-state index contributed by atoms with van der Waals surface area (Å²) in [6, 6.07) is 24.2. The van der Waals surface area contributed by atoms with Gasteiger partial charge in [0.25, 0.3) is 0 Å². The lowest BCUT2D eigenvalue weighted by molar-refractivity contribution is -0.145. The minimum absolute atomic E-state index is 0.0105. The summed E-state index contributed by atoms with van der Waals surface area (Å²) < 4.78 is 29.8. The zero-order valence-corrected chi connectivity index (χ0v) is 35.5. The van der Waals surface area contributed by atoms with E-state index in [1.807, 2.05) is 73.7 Å². The number of aliphatic carboxylic acids is 1. The topological polar surface area (TPSA) is 145 Å². The summed E-state index contributed by atoms with van der Waals surface area (Å²) in [4.78, 5) is 36.0. The molecule has 0 saturated carbocycles. The monoisotopic (exact) mass is 857 g/mol. The summed E-state index contributed by atoms with van der Waals surface area (Å²) in [7, 11) is 3.74. The van der Waals surface area contributed by atoms with Gasteiger partial charge >= 0.3 is 5.97 Å². The van der Waals surface area contributed by atoms with Gasteiger partial charge in [-0.05, 0) is 84.7 Å². The molecular formula is C46H44ClN7O6S. The van der Waals surface area contributed by atoms with Gasteiger partial charge in [0.15, 0.2) is 5.82 Å². The van der Waals surface area contributed by atoms with Crippen molar-refractivity contribution in [3.63, 3.8) is 0 Å². The number of carboxylic acid groups (broad SMARTS) is 1. The summed E-state index contributed by atoms with van der Waals surface area (Å²) in [5.41, 5.74) is 5.76. The van der Waals surface area contributed by atoms with Crippen molar-refractivity contribution in [1.82, 2.24) is 34.1 Å². The van der Waals surface area contributed by atoms with Crippen LogP contribution in [0, 0.1) is 6.92 Å². The molecule has 13 nitrogen and oxygen atoms in total. The Hall–Kier alpha value is -6.19. The first-order chi connectivity index (χ1) is 29.8. The van der Waals surface area contributed by atoms with Gasteiger partial charge in [-0.25, -0.2) is 14.8 Å². The SMILES string of the molecule is COc1ccccc1-c1nccc(COc2ccccc2C[C@@H](Oc2nsc3cnc(-c4ccncc4)c(-c4ccc(OCCN5CCN(C)CC5)c(Cl)c4C)c23)C(=O)O)n1. The number of likely N-dealkylation sites (N-methyl/N-ethyl adjacent to an activating group) is 1. The van der Waals surface area contributed by atoms with E-state index in [9.17, 15) is 9.90 Å². The van der Waals surface area contributed by atoms with Crippen molar-refractivity contribution in [3.8, 4) is 56.9 Å². The first-order valence-corrected chi connectivity index (χ1v) is 21.0. The van der Waals surface area contributed by atoms with E-state index in [0.29, 0.717) is 62.6 Å². The molecule has 0 bridgehead atoms. The van der Waals surface area contributed by atoms with Crippen LogP contribution in [0.15, 0.2) is 104 Å². The van der Waals surface area contributed by atoms with Gasteiger partial charge in [-0.15, -0.1) is 0 Å². The van der Waals surface area contributed by atoms with Crippen LogP contribution in [0.2, 0.25) is 5.02 Å². The van der Waals surface area contributed by atoms with Gasteiger partial charge < -0.3 is 29.0 Å². The number of carbonyl (C=O) groups is 1. The highest BCUT2D eigenvalue weighted by atomic mass is 35.5. The van der Waals surface area contributed by atoms with Crippen LogP contribution in [0.4, 0.5) is 0 Å². The molecule has 1 aliphatic rings. The van der Waals surface area contributed by atoms with Crippen LogP contribution >= 0.6 is 23.1 Å². The molecule has 15 heteroatoms. The van der Waals surface area contributed by atoms with E-state index >= 15 is 0 Å². The molecule has 0 unspecified atom stereocenters. The quantitative estimate of drug-likeness (QED) is 0.1000. The van der Waals surface area contributed by atoms with Crippen LogP contribution in [0.25, 0.3) is 43.9 Å². The summed E-state index contributed by atoms with van der Waals surface area (Å²) in [5.74, 6) is 1.26. The summed E-state index contributed by atoms with van der Waals surface area (Å²) >= 11 is 8.26. The number of hydrogen-bond donors (Lipinski definition) is 1. The van der Waals surface area contributed by atoms with E-state index in [1.165, 1.54) is 11.5 Å². The number of para-hydroxylation sites is 2. The molecule has 1 N–H and O–H groups in total. The summed E-state index contributed by atoms with van der Waals surface area (Å²) in [5, 5.41) is 11.7. The number of fused-ring (bicyclic) bond motifs is 1. The Kier molecular flexibility index (Phi) is 13.0. The number of halogens is 1. The summed E-state index contributed by atoms with van der Waals surface area (Å²) in [6.07, 6.45) is 5.48. The number of pyridine rings is 2. The Bertz CT molecular complexity index is 2640. The second-order valence-electron chi connectivity index (χ2n) is 14.6. The Morgan fingerprint density at radius 1 is 0.885 bits per heavy atom. The molecule has 0 aliphatic carbocycles. The van der Waals surface area contributed by atoms with Crippen LogP contribution < -0.4 is 18.9 Å². The molecule has 7 aromatic rings. The predicted octanol–water partition coefficient (Wildman–Crippen LogP) is 8.13. The van der Waals surface area contributed by atoms with Gasteiger partial charge in [0, 0.05) is 75.1 Å². The highest BCUT2D eigenvalue weighted by Gasteiger charge is 2.28. The third-order valence-electron chi connectivity index (χ3n) is 10.7. The Balaban J connectivity index is 1.07. The first-order valence-electron chi connectivity index (χ1n) is 19.8.